The normalized spacial score (nSPS) is 34.2. The summed E-state index contributed by atoms with van der Waals surface area (Å²) in [5.74, 6) is 0.834. The molecule has 3 unspecified atom stereocenters. The lowest BCUT2D eigenvalue weighted by Gasteiger charge is -2.46. The van der Waals surface area contributed by atoms with E-state index in [9.17, 15) is 0 Å². The van der Waals surface area contributed by atoms with E-state index in [1.54, 1.807) is 0 Å². The summed E-state index contributed by atoms with van der Waals surface area (Å²) in [5.41, 5.74) is 6.92. The predicted molar refractivity (Wildman–Crippen MR) is 87.8 cm³/mol. The summed E-state index contributed by atoms with van der Waals surface area (Å²) < 4.78 is 0. The molecular formula is C18H36N2. The Balaban J connectivity index is 2.00. The van der Waals surface area contributed by atoms with E-state index in [0.29, 0.717) is 17.5 Å². The van der Waals surface area contributed by atoms with E-state index in [0.717, 1.165) is 12.0 Å². The first-order valence-corrected chi connectivity index (χ1v) is 8.87. The molecule has 0 saturated heterocycles. The van der Waals surface area contributed by atoms with Gasteiger partial charge in [0.05, 0.1) is 0 Å². The summed E-state index contributed by atoms with van der Waals surface area (Å²) in [4.78, 5) is 2.67. The van der Waals surface area contributed by atoms with Gasteiger partial charge in [-0.2, -0.15) is 0 Å². The van der Waals surface area contributed by atoms with E-state index in [1.165, 1.54) is 57.8 Å². The molecule has 0 aromatic rings. The topological polar surface area (TPSA) is 29.3 Å². The van der Waals surface area contributed by atoms with Crippen LogP contribution < -0.4 is 5.73 Å². The van der Waals surface area contributed by atoms with Gasteiger partial charge in [0.15, 0.2) is 0 Å². The van der Waals surface area contributed by atoms with Crippen LogP contribution in [0.3, 0.4) is 0 Å². The van der Waals surface area contributed by atoms with Crippen molar-refractivity contribution in [3.05, 3.63) is 0 Å². The Morgan fingerprint density at radius 2 is 1.50 bits per heavy atom. The summed E-state index contributed by atoms with van der Waals surface area (Å²) >= 11 is 0. The second-order valence-electron chi connectivity index (χ2n) is 8.42. The van der Waals surface area contributed by atoms with Crippen molar-refractivity contribution in [1.82, 2.24) is 4.90 Å². The molecule has 2 nitrogen and oxygen atoms in total. The van der Waals surface area contributed by atoms with Gasteiger partial charge >= 0.3 is 0 Å². The summed E-state index contributed by atoms with van der Waals surface area (Å²) in [5, 5.41) is 0. The SMILES string of the molecule is CN(C1CCCCCC1)C1CC(C(C)(C)C)CCC1N. The fourth-order valence-electron chi connectivity index (χ4n) is 4.36. The minimum Gasteiger partial charge on any atom is -0.326 e. The van der Waals surface area contributed by atoms with Crippen LogP contribution in [0.1, 0.15) is 78.6 Å². The Morgan fingerprint density at radius 1 is 0.900 bits per heavy atom. The molecule has 2 fully saturated rings. The molecule has 2 aliphatic rings. The van der Waals surface area contributed by atoms with Crippen molar-refractivity contribution in [1.29, 1.82) is 0 Å². The highest BCUT2D eigenvalue weighted by Gasteiger charge is 2.37. The molecule has 2 aliphatic carbocycles. The van der Waals surface area contributed by atoms with Gasteiger partial charge in [-0.15, -0.1) is 0 Å². The molecule has 2 rings (SSSR count). The first-order valence-electron chi connectivity index (χ1n) is 8.87. The maximum atomic E-state index is 6.49. The van der Waals surface area contributed by atoms with Crippen LogP contribution in [-0.4, -0.2) is 30.1 Å². The van der Waals surface area contributed by atoms with Gasteiger partial charge in [-0.05, 0) is 50.5 Å². The van der Waals surface area contributed by atoms with Crippen LogP contribution in [0.15, 0.2) is 0 Å². The Hall–Kier alpha value is -0.0800. The zero-order valence-corrected chi connectivity index (χ0v) is 14.2. The van der Waals surface area contributed by atoms with E-state index in [-0.39, 0.29) is 0 Å². The predicted octanol–water partition coefficient (Wildman–Crippen LogP) is 4.18. The second-order valence-corrected chi connectivity index (χ2v) is 8.42. The van der Waals surface area contributed by atoms with E-state index < -0.39 is 0 Å². The van der Waals surface area contributed by atoms with Gasteiger partial charge in [-0.1, -0.05) is 46.5 Å². The van der Waals surface area contributed by atoms with Crippen molar-refractivity contribution < 1.29 is 0 Å². The molecule has 118 valence electrons. The summed E-state index contributed by atoms with van der Waals surface area (Å²) in [6.45, 7) is 7.20. The maximum absolute atomic E-state index is 6.49. The average Bonchev–Trinajstić information content (AvgIpc) is 2.66. The largest absolute Gasteiger partial charge is 0.326 e. The summed E-state index contributed by atoms with van der Waals surface area (Å²) in [6, 6.07) is 1.78. The van der Waals surface area contributed by atoms with Crippen molar-refractivity contribution >= 4 is 0 Å². The standard InChI is InChI=1S/C18H36N2/c1-18(2,3)14-11-12-16(19)17(13-14)20(4)15-9-7-5-6-8-10-15/h14-17H,5-13,19H2,1-4H3. The second kappa shape index (κ2) is 6.79. The highest BCUT2D eigenvalue weighted by Crippen LogP contribution is 2.39. The van der Waals surface area contributed by atoms with Gasteiger partial charge in [0.2, 0.25) is 0 Å². The van der Waals surface area contributed by atoms with Crippen LogP contribution in [0.4, 0.5) is 0 Å². The Labute approximate surface area is 126 Å². The minimum absolute atomic E-state index is 0.391. The smallest absolute Gasteiger partial charge is 0.0249 e. The van der Waals surface area contributed by atoms with Gasteiger partial charge in [0.25, 0.3) is 0 Å². The molecule has 0 heterocycles. The Bertz CT molecular complexity index is 286. The van der Waals surface area contributed by atoms with Crippen LogP contribution in [0.5, 0.6) is 0 Å². The van der Waals surface area contributed by atoms with Crippen LogP contribution in [0, 0.1) is 11.3 Å². The monoisotopic (exact) mass is 280 g/mol. The minimum atomic E-state index is 0.391. The van der Waals surface area contributed by atoms with Crippen molar-refractivity contribution in [2.24, 2.45) is 17.1 Å². The number of likely N-dealkylation sites (N-methyl/N-ethyl adjacent to an activating group) is 1. The number of hydrogen-bond donors (Lipinski definition) is 1. The molecular weight excluding hydrogens is 244 g/mol. The molecule has 20 heavy (non-hydrogen) atoms. The number of nitrogens with two attached hydrogens (primary N) is 1. The maximum Gasteiger partial charge on any atom is 0.0249 e. The first-order chi connectivity index (χ1) is 9.39. The third-order valence-electron chi connectivity index (χ3n) is 6.02. The van der Waals surface area contributed by atoms with Crippen molar-refractivity contribution in [2.75, 3.05) is 7.05 Å². The molecule has 0 amide bonds. The van der Waals surface area contributed by atoms with Crippen LogP contribution in [0.25, 0.3) is 0 Å². The van der Waals surface area contributed by atoms with Gasteiger partial charge in [-0.3, -0.25) is 4.90 Å². The molecule has 0 radical (unpaired) electrons. The number of hydrogen-bond acceptors (Lipinski definition) is 2. The molecule has 0 bridgehead atoms. The van der Waals surface area contributed by atoms with Crippen molar-refractivity contribution in [3.8, 4) is 0 Å². The molecule has 0 aliphatic heterocycles. The van der Waals surface area contributed by atoms with Gasteiger partial charge < -0.3 is 5.73 Å². The lowest BCUT2D eigenvalue weighted by molar-refractivity contribution is 0.0556. The van der Waals surface area contributed by atoms with E-state index >= 15 is 0 Å². The molecule has 0 aromatic carbocycles. The lowest BCUT2D eigenvalue weighted by Crippen LogP contribution is -2.54. The van der Waals surface area contributed by atoms with Crippen LogP contribution >= 0.6 is 0 Å². The van der Waals surface area contributed by atoms with Gasteiger partial charge in [0.1, 0.15) is 0 Å². The summed E-state index contributed by atoms with van der Waals surface area (Å²) in [7, 11) is 2.35. The molecule has 3 atom stereocenters. The molecule has 0 aromatic heterocycles. The van der Waals surface area contributed by atoms with Crippen LogP contribution in [0.2, 0.25) is 0 Å². The third-order valence-corrected chi connectivity index (χ3v) is 6.02. The fraction of sp³-hybridized carbons (Fsp3) is 1.00. The number of rotatable bonds is 2. The number of nitrogens with zero attached hydrogens (tertiary/aromatic N) is 1. The first kappa shape index (κ1) is 16.3. The quantitative estimate of drug-likeness (QED) is 0.769. The van der Waals surface area contributed by atoms with Gasteiger partial charge in [0, 0.05) is 18.1 Å². The lowest BCUT2D eigenvalue weighted by atomic mass is 9.69. The highest BCUT2D eigenvalue weighted by molar-refractivity contribution is 4.93. The zero-order chi connectivity index (χ0) is 14.8. The molecule has 2 N–H and O–H groups in total. The molecule has 2 saturated carbocycles. The third kappa shape index (κ3) is 3.98. The Morgan fingerprint density at radius 3 is 2.05 bits per heavy atom. The Kier molecular flexibility index (Phi) is 5.53. The average molecular weight is 280 g/mol. The van der Waals surface area contributed by atoms with Crippen molar-refractivity contribution in [2.45, 2.75) is 96.7 Å². The molecule has 2 heteroatoms. The highest BCUT2D eigenvalue weighted by atomic mass is 15.2. The van der Waals surface area contributed by atoms with Gasteiger partial charge in [-0.25, -0.2) is 0 Å². The van der Waals surface area contributed by atoms with E-state index in [4.69, 9.17) is 5.73 Å². The van der Waals surface area contributed by atoms with E-state index in [2.05, 4.69) is 32.7 Å². The van der Waals surface area contributed by atoms with E-state index in [1.807, 2.05) is 0 Å². The molecule has 0 spiro atoms. The zero-order valence-electron chi connectivity index (χ0n) is 14.2. The van der Waals surface area contributed by atoms with Crippen LogP contribution in [-0.2, 0) is 0 Å². The fourth-order valence-corrected chi connectivity index (χ4v) is 4.36. The van der Waals surface area contributed by atoms with Crippen molar-refractivity contribution in [3.63, 3.8) is 0 Å². The summed E-state index contributed by atoms with van der Waals surface area (Å²) in [6.07, 6.45) is 12.3.